The summed E-state index contributed by atoms with van der Waals surface area (Å²) in [6.07, 6.45) is 10.2. The van der Waals surface area contributed by atoms with Gasteiger partial charge in [0.2, 0.25) is 5.91 Å². The van der Waals surface area contributed by atoms with Gasteiger partial charge in [-0.25, -0.2) is 0 Å². The molecule has 0 bridgehead atoms. The largest absolute Gasteiger partial charge is 0.341 e. The second-order valence-corrected chi connectivity index (χ2v) is 4.52. The van der Waals surface area contributed by atoms with Gasteiger partial charge in [0, 0.05) is 31.8 Å². The molecule has 0 fully saturated rings. The summed E-state index contributed by atoms with van der Waals surface area (Å²) >= 11 is 0. The summed E-state index contributed by atoms with van der Waals surface area (Å²) in [5.74, 6) is 0.225. The number of unbranched alkanes of at least 4 members (excludes halogenated alkanes) is 4. The first-order chi connectivity index (χ1) is 8.24. The lowest BCUT2D eigenvalue weighted by molar-refractivity contribution is -0.130. The first-order valence-corrected chi connectivity index (χ1v) is 6.45. The highest BCUT2D eigenvalue weighted by Gasteiger charge is 2.08. The Balaban J connectivity index is 2.14. The van der Waals surface area contributed by atoms with E-state index in [0.29, 0.717) is 13.0 Å². The van der Waals surface area contributed by atoms with E-state index in [0.717, 1.165) is 12.0 Å². The van der Waals surface area contributed by atoms with Crippen molar-refractivity contribution in [3.05, 3.63) is 18.0 Å². The van der Waals surface area contributed by atoms with Crippen LogP contribution in [0.15, 0.2) is 12.4 Å². The lowest BCUT2D eigenvalue weighted by Crippen LogP contribution is -2.25. The van der Waals surface area contributed by atoms with Crippen LogP contribution in [0.3, 0.4) is 0 Å². The van der Waals surface area contributed by atoms with Crippen LogP contribution in [0.5, 0.6) is 0 Å². The van der Waals surface area contributed by atoms with Crippen LogP contribution in [0.4, 0.5) is 0 Å². The van der Waals surface area contributed by atoms with Crippen molar-refractivity contribution in [1.82, 2.24) is 15.1 Å². The van der Waals surface area contributed by atoms with Gasteiger partial charge in [0.15, 0.2) is 0 Å². The Morgan fingerprint density at radius 1 is 1.35 bits per heavy atom. The highest BCUT2D eigenvalue weighted by atomic mass is 16.2. The molecule has 1 amide bonds. The van der Waals surface area contributed by atoms with Crippen LogP contribution in [-0.4, -0.2) is 28.1 Å². The van der Waals surface area contributed by atoms with Crippen molar-refractivity contribution in [2.24, 2.45) is 0 Å². The Bertz CT molecular complexity index is 308. The van der Waals surface area contributed by atoms with Gasteiger partial charge in [-0.3, -0.25) is 9.89 Å². The van der Waals surface area contributed by atoms with Gasteiger partial charge in [0.05, 0.1) is 6.20 Å². The molecule has 0 atom stereocenters. The average Bonchev–Trinajstić information content (AvgIpc) is 2.81. The second-order valence-electron chi connectivity index (χ2n) is 4.52. The van der Waals surface area contributed by atoms with Gasteiger partial charge >= 0.3 is 0 Å². The van der Waals surface area contributed by atoms with Gasteiger partial charge in [0.1, 0.15) is 0 Å². The molecule has 96 valence electrons. The van der Waals surface area contributed by atoms with E-state index in [4.69, 9.17) is 0 Å². The standard InChI is InChI=1S/C13H23N3O/c1-3-4-5-6-7-8-13(17)16(2)11-12-9-14-15-10-12/h9-10H,3-8,11H2,1-2H3,(H,14,15). The third kappa shape index (κ3) is 5.52. The summed E-state index contributed by atoms with van der Waals surface area (Å²) < 4.78 is 0. The SMILES string of the molecule is CCCCCCCC(=O)N(C)Cc1cn[nH]c1. The molecule has 0 spiro atoms. The van der Waals surface area contributed by atoms with Crippen LogP contribution < -0.4 is 0 Å². The van der Waals surface area contributed by atoms with Crippen molar-refractivity contribution in [3.8, 4) is 0 Å². The first kappa shape index (κ1) is 13.7. The summed E-state index contributed by atoms with van der Waals surface area (Å²) in [6.45, 7) is 2.84. The third-order valence-corrected chi connectivity index (χ3v) is 2.89. The zero-order valence-corrected chi connectivity index (χ0v) is 10.9. The van der Waals surface area contributed by atoms with Crippen molar-refractivity contribution in [2.45, 2.75) is 52.0 Å². The van der Waals surface area contributed by atoms with E-state index in [-0.39, 0.29) is 5.91 Å². The monoisotopic (exact) mass is 237 g/mol. The normalized spacial score (nSPS) is 10.5. The van der Waals surface area contributed by atoms with Crippen molar-refractivity contribution in [2.75, 3.05) is 7.05 Å². The van der Waals surface area contributed by atoms with Gasteiger partial charge in [0.25, 0.3) is 0 Å². The highest BCUT2D eigenvalue weighted by Crippen LogP contribution is 2.08. The minimum absolute atomic E-state index is 0.225. The van der Waals surface area contributed by atoms with Crippen molar-refractivity contribution in [1.29, 1.82) is 0 Å². The fraction of sp³-hybridized carbons (Fsp3) is 0.692. The maximum absolute atomic E-state index is 11.8. The molecule has 1 heterocycles. The molecule has 4 heteroatoms. The number of hydrogen-bond donors (Lipinski definition) is 1. The number of aromatic amines is 1. The molecule has 1 N–H and O–H groups in total. The van der Waals surface area contributed by atoms with E-state index in [9.17, 15) is 4.79 Å². The van der Waals surface area contributed by atoms with Crippen LogP contribution >= 0.6 is 0 Å². The van der Waals surface area contributed by atoms with Crippen LogP contribution in [-0.2, 0) is 11.3 Å². The van der Waals surface area contributed by atoms with E-state index in [1.54, 1.807) is 11.1 Å². The number of H-pyrrole nitrogens is 1. The predicted octanol–water partition coefficient (Wildman–Crippen LogP) is 2.73. The van der Waals surface area contributed by atoms with E-state index in [2.05, 4.69) is 17.1 Å². The van der Waals surface area contributed by atoms with Gasteiger partial charge in [-0.15, -0.1) is 0 Å². The molecule has 1 aromatic rings. The maximum atomic E-state index is 11.8. The lowest BCUT2D eigenvalue weighted by atomic mass is 10.1. The molecule has 17 heavy (non-hydrogen) atoms. The molecule has 0 saturated carbocycles. The molecular weight excluding hydrogens is 214 g/mol. The first-order valence-electron chi connectivity index (χ1n) is 6.45. The Morgan fingerprint density at radius 2 is 2.12 bits per heavy atom. The summed E-state index contributed by atoms with van der Waals surface area (Å²) in [7, 11) is 1.85. The van der Waals surface area contributed by atoms with E-state index >= 15 is 0 Å². The van der Waals surface area contributed by atoms with Crippen LogP contribution in [0.25, 0.3) is 0 Å². The van der Waals surface area contributed by atoms with Gasteiger partial charge in [-0.2, -0.15) is 5.10 Å². The molecule has 0 aliphatic rings. The number of carbonyl (C=O) groups is 1. The molecular formula is C13H23N3O. The predicted molar refractivity (Wildman–Crippen MR) is 68.4 cm³/mol. The Labute approximate surface area is 103 Å². The number of nitrogens with zero attached hydrogens (tertiary/aromatic N) is 2. The minimum atomic E-state index is 0.225. The molecule has 0 radical (unpaired) electrons. The summed E-state index contributed by atoms with van der Waals surface area (Å²) in [4.78, 5) is 13.6. The molecule has 0 saturated heterocycles. The molecule has 1 aromatic heterocycles. The quantitative estimate of drug-likeness (QED) is 0.707. The summed E-state index contributed by atoms with van der Waals surface area (Å²) in [5, 5.41) is 6.62. The molecule has 0 aromatic carbocycles. The second kappa shape index (κ2) is 7.87. The smallest absolute Gasteiger partial charge is 0.222 e. The van der Waals surface area contributed by atoms with Gasteiger partial charge in [-0.05, 0) is 6.42 Å². The minimum Gasteiger partial charge on any atom is -0.341 e. The molecule has 0 unspecified atom stereocenters. The number of aromatic nitrogens is 2. The van der Waals surface area contributed by atoms with E-state index in [1.165, 1.54) is 25.7 Å². The van der Waals surface area contributed by atoms with E-state index in [1.807, 2.05) is 13.2 Å². The van der Waals surface area contributed by atoms with Crippen LogP contribution in [0.1, 0.15) is 51.0 Å². The van der Waals surface area contributed by atoms with Crippen molar-refractivity contribution in [3.63, 3.8) is 0 Å². The third-order valence-electron chi connectivity index (χ3n) is 2.89. The topological polar surface area (TPSA) is 49.0 Å². The molecule has 0 aliphatic carbocycles. The van der Waals surface area contributed by atoms with Crippen molar-refractivity contribution >= 4 is 5.91 Å². The zero-order valence-electron chi connectivity index (χ0n) is 10.9. The van der Waals surface area contributed by atoms with Crippen LogP contribution in [0, 0.1) is 0 Å². The average molecular weight is 237 g/mol. The summed E-state index contributed by atoms with van der Waals surface area (Å²) in [6, 6.07) is 0. The maximum Gasteiger partial charge on any atom is 0.222 e. The van der Waals surface area contributed by atoms with Crippen LogP contribution in [0.2, 0.25) is 0 Å². The zero-order chi connectivity index (χ0) is 12.5. The highest BCUT2D eigenvalue weighted by molar-refractivity contribution is 5.75. The number of rotatable bonds is 8. The Morgan fingerprint density at radius 3 is 2.76 bits per heavy atom. The molecule has 0 aliphatic heterocycles. The number of hydrogen-bond acceptors (Lipinski definition) is 2. The number of nitrogens with one attached hydrogen (secondary N) is 1. The van der Waals surface area contributed by atoms with Gasteiger partial charge < -0.3 is 4.90 Å². The van der Waals surface area contributed by atoms with Gasteiger partial charge in [-0.1, -0.05) is 32.6 Å². The molecule has 1 rings (SSSR count). The summed E-state index contributed by atoms with van der Waals surface area (Å²) in [5.41, 5.74) is 1.05. The fourth-order valence-corrected chi connectivity index (χ4v) is 1.80. The number of carbonyl (C=O) groups excluding carboxylic acids is 1. The van der Waals surface area contributed by atoms with E-state index < -0.39 is 0 Å². The van der Waals surface area contributed by atoms with Crippen molar-refractivity contribution < 1.29 is 4.79 Å². The Hall–Kier alpha value is -1.32. The molecule has 4 nitrogen and oxygen atoms in total. The fourth-order valence-electron chi connectivity index (χ4n) is 1.80. The Kier molecular flexibility index (Phi) is 6.37. The number of amides is 1. The lowest BCUT2D eigenvalue weighted by Gasteiger charge is -2.15.